The number of hydrogen-bond donors (Lipinski definition) is 0. The number of aromatic nitrogens is 3. The van der Waals surface area contributed by atoms with E-state index in [4.69, 9.17) is 16.6 Å². The molecule has 0 bridgehead atoms. The van der Waals surface area contributed by atoms with Crippen LogP contribution in [-0.4, -0.2) is 27.0 Å². The van der Waals surface area contributed by atoms with Crippen LogP contribution in [0.3, 0.4) is 0 Å². The predicted octanol–water partition coefficient (Wildman–Crippen LogP) is 5.68. The molecule has 1 amide bonds. The lowest BCUT2D eigenvalue weighted by molar-refractivity contribution is 0.0990. The van der Waals surface area contributed by atoms with E-state index in [1.807, 2.05) is 47.3 Å². The van der Waals surface area contributed by atoms with Crippen LogP contribution in [0.2, 0.25) is 5.02 Å². The first-order valence-electron chi connectivity index (χ1n) is 8.49. The zero-order valence-electron chi connectivity index (χ0n) is 15.0. The average molecular weight is 453 g/mol. The molecule has 4 rings (SSSR count). The fourth-order valence-corrected chi connectivity index (χ4v) is 5.02. The number of halogens is 2. The Morgan fingerprint density at radius 3 is 2.93 bits per heavy atom. The van der Waals surface area contributed by atoms with Gasteiger partial charge >= 0.3 is 0 Å². The van der Waals surface area contributed by atoms with Crippen LogP contribution in [0.1, 0.15) is 21.7 Å². The Balaban J connectivity index is 0.00000225. The largest absolute Gasteiger partial charge is 0.337 e. The number of anilines is 1. The van der Waals surface area contributed by atoms with Crippen molar-refractivity contribution < 1.29 is 4.79 Å². The van der Waals surface area contributed by atoms with Crippen molar-refractivity contribution in [1.82, 2.24) is 14.5 Å². The number of thiazole rings is 1. The first-order valence-corrected chi connectivity index (χ1v) is 10.6. The molecular weight excluding hydrogens is 435 g/mol. The molecule has 0 atom stereocenters. The highest BCUT2D eigenvalue weighted by atomic mass is 35.5. The second-order valence-electron chi connectivity index (χ2n) is 6.15. The number of rotatable bonds is 6. The molecule has 0 aliphatic rings. The first kappa shape index (κ1) is 20.8. The highest BCUT2D eigenvalue weighted by Gasteiger charge is 2.22. The Labute approximate surface area is 182 Å². The number of hydrogen-bond acceptors (Lipinski definition) is 5. The Hall–Kier alpha value is -1.93. The molecule has 9 heteroatoms. The Kier molecular flexibility index (Phi) is 6.72. The van der Waals surface area contributed by atoms with E-state index in [0.29, 0.717) is 21.6 Å². The van der Waals surface area contributed by atoms with Crippen LogP contribution < -0.4 is 4.90 Å². The number of nitrogens with zero attached hydrogens (tertiary/aromatic N) is 4. The van der Waals surface area contributed by atoms with Crippen molar-refractivity contribution in [3.63, 3.8) is 0 Å². The summed E-state index contributed by atoms with van der Waals surface area (Å²) < 4.78 is 3.00. The van der Waals surface area contributed by atoms with E-state index >= 15 is 0 Å². The van der Waals surface area contributed by atoms with Crippen LogP contribution in [0.25, 0.3) is 10.2 Å². The van der Waals surface area contributed by atoms with Crippen LogP contribution in [-0.2, 0) is 6.54 Å². The van der Waals surface area contributed by atoms with Gasteiger partial charge in [0.25, 0.3) is 5.91 Å². The molecule has 3 aromatic heterocycles. The van der Waals surface area contributed by atoms with Gasteiger partial charge in [0, 0.05) is 30.5 Å². The zero-order valence-corrected chi connectivity index (χ0v) is 18.2. The molecule has 0 spiro atoms. The number of carbonyl (C=O) groups is 1. The molecule has 0 saturated carbocycles. The third-order valence-corrected chi connectivity index (χ3v) is 6.31. The molecule has 0 saturated heterocycles. The molecule has 146 valence electrons. The molecule has 0 aliphatic carbocycles. The Bertz CT molecular complexity index is 1060. The molecule has 1 aromatic carbocycles. The van der Waals surface area contributed by atoms with Crippen LogP contribution >= 0.6 is 46.7 Å². The first-order chi connectivity index (χ1) is 13.1. The van der Waals surface area contributed by atoms with Crippen molar-refractivity contribution in [2.75, 3.05) is 11.4 Å². The Morgan fingerprint density at radius 1 is 1.36 bits per heavy atom. The van der Waals surface area contributed by atoms with Crippen LogP contribution in [0.5, 0.6) is 0 Å². The monoisotopic (exact) mass is 452 g/mol. The van der Waals surface area contributed by atoms with Crippen molar-refractivity contribution in [2.45, 2.75) is 19.9 Å². The van der Waals surface area contributed by atoms with Gasteiger partial charge in [-0.3, -0.25) is 9.69 Å². The smallest absolute Gasteiger partial charge is 0.270 e. The van der Waals surface area contributed by atoms with Gasteiger partial charge in [0.05, 0.1) is 21.4 Å². The molecule has 0 aliphatic heterocycles. The average Bonchev–Trinajstić information content (AvgIpc) is 3.38. The van der Waals surface area contributed by atoms with Gasteiger partial charge < -0.3 is 4.57 Å². The highest BCUT2D eigenvalue weighted by Crippen LogP contribution is 2.34. The molecule has 28 heavy (non-hydrogen) atoms. The van der Waals surface area contributed by atoms with Crippen LogP contribution in [0.15, 0.2) is 48.4 Å². The van der Waals surface area contributed by atoms with E-state index in [2.05, 4.69) is 4.98 Å². The van der Waals surface area contributed by atoms with E-state index in [0.717, 1.165) is 28.7 Å². The molecule has 3 heterocycles. The van der Waals surface area contributed by atoms with Crippen molar-refractivity contribution in [3.05, 3.63) is 63.8 Å². The minimum atomic E-state index is -0.0153. The topological polar surface area (TPSA) is 51.0 Å². The number of imidazole rings is 1. The fraction of sp³-hybridized carbons (Fsp3) is 0.211. The summed E-state index contributed by atoms with van der Waals surface area (Å²) in [5.41, 5.74) is 1.92. The third-order valence-electron chi connectivity index (χ3n) is 4.20. The molecule has 0 unspecified atom stereocenters. The number of fused-ring (bicyclic) bond motifs is 1. The molecule has 4 aromatic rings. The van der Waals surface area contributed by atoms with E-state index in [-0.39, 0.29) is 18.3 Å². The summed E-state index contributed by atoms with van der Waals surface area (Å²) in [5.74, 6) is -0.0153. The minimum Gasteiger partial charge on any atom is -0.337 e. The van der Waals surface area contributed by atoms with Gasteiger partial charge in [-0.15, -0.1) is 23.7 Å². The summed E-state index contributed by atoms with van der Waals surface area (Å²) in [5, 5.41) is 3.31. The highest BCUT2D eigenvalue weighted by molar-refractivity contribution is 7.22. The standard InChI is InChI=1S/C19H17ClN4OS2.ClH/c1-13-10-14(20)11-16-17(13)22-19(27-16)24(18(25)15-4-2-9-26-15)7-3-6-23-8-5-21-12-23;/h2,4-5,8-12H,3,6-7H2,1H3;1H. The van der Waals surface area contributed by atoms with Crippen LogP contribution in [0, 0.1) is 6.92 Å². The predicted molar refractivity (Wildman–Crippen MR) is 119 cm³/mol. The summed E-state index contributed by atoms with van der Waals surface area (Å²) in [4.78, 5) is 24.4. The van der Waals surface area contributed by atoms with Gasteiger partial charge in [-0.25, -0.2) is 9.97 Å². The second kappa shape index (κ2) is 9.05. The summed E-state index contributed by atoms with van der Waals surface area (Å²) in [6.45, 7) is 3.37. The van der Waals surface area contributed by atoms with Crippen LogP contribution in [0.4, 0.5) is 5.13 Å². The van der Waals surface area contributed by atoms with Gasteiger partial charge in [-0.2, -0.15) is 0 Å². The molecule has 0 radical (unpaired) electrons. The van der Waals surface area contributed by atoms with Crippen molar-refractivity contribution >= 4 is 67.9 Å². The number of amides is 1. The lowest BCUT2D eigenvalue weighted by Crippen LogP contribution is -2.31. The lowest BCUT2D eigenvalue weighted by Gasteiger charge is -2.19. The van der Waals surface area contributed by atoms with E-state index in [1.54, 1.807) is 17.4 Å². The van der Waals surface area contributed by atoms with Gasteiger partial charge in [-0.05, 0) is 42.5 Å². The summed E-state index contributed by atoms with van der Waals surface area (Å²) in [6, 6.07) is 7.55. The second-order valence-corrected chi connectivity index (χ2v) is 8.55. The van der Waals surface area contributed by atoms with E-state index in [9.17, 15) is 4.79 Å². The molecule has 5 nitrogen and oxygen atoms in total. The Morgan fingerprint density at radius 2 is 2.21 bits per heavy atom. The van der Waals surface area contributed by atoms with Crippen molar-refractivity contribution in [2.24, 2.45) is 0 Å². The van der Waals surface area contributed by atoms with Gasteiger partial charge in [0.15, 0.2) is 5.13 Å². The molecule has 0 N–H and O–H groups in total. The van der Waals surface area contributed by atoms with Gasteiger partial charge in [0.2, 0.25) is 0 Å². The molecule has 0 fully saturated rings. The quantitative estimate of drug-likeness (QED) is 0.378. The van der Waals surface area contributed by atoms with E-state index in [1.165, 1.54) is 22.7 Å². The third kappa shape index (κ3) is 4.38. The van der Waals surface area contributed by atoms with E-state index < -0.39 is 0 Å². The number of carbonyl (C=O) groups excluding carboxylic acids is 1. The van der Waals surface area contributed by atoms with Crippen molar-refractivity contribution in [1.29, 1.82) is 0 Å². The van der Waals surface area contributed by atoms with Gasteiger partial charge in [0.1, 0.15) is 0 Å². The summed E-state index contributed by atoms with van der Waals surface area (Å²) >= 11 is 9.14. The zero-order chi connectivity index (χ0) is 18.8. The number of aryl methyl sites for hydroxylation is 2. The maximum Gasteiger partial charge on any atom is 0.270 e. The SMILES string of the molecule is Cc1cc(Cl)cc2sc(N(CCCn3ccnc3)C(=O)c3cccs3)nc12.Cl. The fourth-order valence-electron chi connectivity index (χ4n) is 2.91. The van der Waals surface area contributed by atoms with Gasteiger partial charge in [-0.1, -0.05) is 29.0 Å². The number of thiophene rings is 1. The lowest BCUT2D eigenvalue weighted by atomic mass is 10.2. The maximum atomic E-state index is 13.1. The number of benzene rings is 1. The normalized spacial score (nSPS) is 10.8. The maximum absolute atomic E-state index is 13.1. The summed E-state index contributed by atoms with van der Waals surface area (Å²) in [6.07, 6.45) is 6.28. The minimum absolute atomic E-state index is 0. The molecular formula is C19H18Cl2N4OS2. The van der Waals surface area contributed by atoms with Crippen molar-refractivity contribution in [3.8, 4) is 0 Å². The summed E-state index contributed by atoms with van der Waals surface area (Å²) in [7, 11) is 0.